The van der Waals surface area contributed by atoms with Crippen LogP contribution in [-0.2, 0) is 10.0 Å². The molecule has 0 aliphatic carbocycles. The van der Waals surface area contributed by atoms with Crippen molar-refractivity contribution in [3.05, 3.63) is 11.6 Å². The van der Waals surface area contributed by atoms with Gasteiger partial charge in [-0.3, -0.25) is 4.40 Å². The van der Waals surface area contributed by atoms with Gasteiger partial charge in [0.15, 0.2) is 15.8 Å². The molecule has 9 heteroatoms. The first-order valence-corrected chi connectivity index (χ1v) is 8.42. The van der Waals surface area contributed by atoms with Gasteiger partial charge in [-0.25, -0.2) is 13.4 Å². The number of anilines is 1. The van der Waals surface area contributed by atoms with Crippen molar-refractivity contribution in [3.63, 3.8) is 0 Å². The standard InChI is InChI=1S/C11H18N4O3S2/c1-4-14(7-11(2,3)16)20(17,18)9-8(12)13-10-15(9)5-6-19-10/h5-6,16H,4,7,12H2,1-3H3. The maximum Gasteiger partial charge on any atom is 0.262 e. The lowest BCUT2D eigenvalue weighted by atomic mass is 10.1. The van der Waals surface area contributed by atoms with Crippen molar-refractivity contribution in [1.29, 1.82) is 0 Å². The molecular weight excluding hydrogens is 300 g/mol. The smallest absolute Gasteiger partial charge is 0.262 e. The summed E-state index contributed by atoms with van der Waals surface area (Å²) in [7, 11) is -3.81. The van der Waals surface area contributed by atoms with E-state index in [0.29, 0.717) is 4.96 Å². The van der Waals surface area contributed by atoms with Crippen LogP contribution < -0.4 is 5.73 Å². The lowest BCUT2D eigenvalue weighted by Crippen LogP contribution is -2.42. The van der Waals surface area contributed by atoms with Gasteiger partial charge in [-0.15, -0.1) is 11.3 Å². The number of hydrogen-bond acceptors (Lipinski definition) is 6. The molecule has 3 N–H and O–H groups in total. The number of sulfonamides is 1. The second-order valence-electron chi connectivity index (χ2n) is 5.10. The van der Waals surface area contributed by atoms with Crippen molar-refractivity contribution in [3.8, 4) is 0 Å². The quantitative estimate of drug-likeness (QED) is 0.847. The first-order valence-electron chi connectivity index (χ1n) is 6.10. The highest BCUT2D eigenvalue weighted by Gasteiger charge is 2.33. The van der Waals surface area contributed by atoms with Crippen LogP contribution in [0.4, 0.5) is 5.82 Å². The molecule has 0 aromatic carbocycles. The Bertz CT molecular complexity index is 712. The van der Waals surface area contributed by atoms with E-state index < -0.39 is 15.6 Å². The molecule has 112 valence electrons. The highest BCUT2D eigenvalue weighted by Crippen LogP contribution is 2.26. The minimum Gasteiger partial charge on any atom is -0.389 e. The van der Waals surface area contributed by atoms with Gasteiger partial charge < -0.3 is 10.8 Å². The zero-order valence-electron chi connectivity index (χ0n) is 11.6. The number of thiazole rings is 1. The molecule has 0 radical (unpaired) electrons. The number of nitrogen functional groups attached to an aromatic ring is 1. The van der Waals surface area contributed by atoms with Crippen LogP contribution in [0, 0.1) is 0 Å². The molecular formula is C11H18N4O3S2. The van der Waals surface area contributed by atoms with Gasteiger partial charge >= 0.3 is 0 Å². The van der Waals surface area contributed by atoms with Gasteiger partial charge in [0, 0.05) is 24.7 Å². The topological polar surface area (TPSA) is 101 Å². The fourth-order valence-electron chi connectivity index (χ4n) is 1.96. The van der Waals surface area contributed by atoms with Gasteiger partial charge in [-0.05, 0) is 13.8 Å². The van der Waals surface area contributed by atoms with Crippen molar-refractivity contribution in [1.82, 2.24) is 13.7 Å². The van der Waals surface area contributed by atoms with Crippen molar-refractivity contribution in [2.45, 2.75) is 31.4 Å². The predicted octanol–water partition coefficient (Wildman–Crippen LogP) is 0.760. The van der Waals surface area contributed by atoms with Crippen LogP contribution in [0.15, 0.2) is 16.6 Å². The summed E-state index contributed by atoms with van der Waals surface area (Å²) >= 11 is 1.31. The second-order valence-corrected chi connectivity index (χ2v) is 7.83. The van der Waals surface area contributed by atoms with Gasteiger partial charge in [-0.2, -0.15) is 4.31 Å². The molecule has 0 atom stereocenters. The molecule has 0 aliphatic heterocycles. The van der Waals surface area contributed by atoms with E-state index in [1.807, 2.05) is 0 Å². The van der Waals surface area contributed by atoms with Crippen molar-refractivity contribution >= 4 is 32.1 Å². The number of hydrogen-bond donors (Lipinski definition) is 2. The van der Waals surface area contributed by atoms with E-state index in [1.165, 1.54) is 20.0 Å². The molecule has 2 aromatic heterocycles. The maximum absolute atomic E-state index is 12.7. The minimum atomic E-state index is -3.81. The number of rotatable bonds is 5. The van der Waals surface area contributed by atoms with Crippen molar-refractivity contribution < 1.29 is 13.5 Å². The van der Waals surface area contributed by atoms with Crippen LogP contribution in [0.5, 0.6) is 0 Å². The Balaban J connectivity index is 2.53. The third-order valence-electron chi connectivity index (χ3n) is 2.74. The number of aromatic nitrogens is 2. The Morgan fingerprint density at radius 3 is 2.75 bits per heavy atom. The Labute approximate surface area is 121 Å². The van der Waals surface area contributed by atoms with Crippen LogP contribution in [0.2, 0.25) is 0 Å². The SMILES string of the molecule is CCN(CC(C)(C)O)S(=O)(=O)c1c(N)nc2sccn12. The van der Waals surface area contributed by atoms with Crippen LogP contribution in [-0.4, -0.2) is 45.9 Å². The number of imidazole rings is 1. The largest absolute Gasteiger partial charge is 0.389 e. The fourth-order valence-corrected chi connectivity index (χ4v) is 4.51. The number of nitrogens with zero attached hydrogens (tertiary/aromatic N) is 3. The third-order valence-corrected chi connectivity index (χ3v) is 5.46. The minimum absolute atomic E-state index is 0.0113. The molecule has 0 fully saturated rings. The summed E-state index contributed by atoms with van der Waals surface area (Å²) < 4.78 is 28.1. The molecule has 0 bridgehead atoms. The van der Waals surface area contributed by atoms with Gasteiger partial charge in [0.2, 0.25) is 0 Å². The molecule has 0 spiro atoms. The summed E-state index contributed by atoms with van der Waals surface area (Å²) in [5, 5.41) is 11.6. The normalized spacial score (nSPS) is 13.4. The average Bonchev–Trinajstić information content (AvgIpc) is 2.83. The highest BCUT2D eigenvalue weighted by molar-refractivity contribution is 7.89. The van der Waals surface area contributed by atoms with Gasteiger partial charge in [-0.1, -0.05) is 6.92 Å². The second kappa shape index (κ2) is 4.99. The van der Waals surface area contributed by atoms with E-state index >= 15 is 0 Å². The van der Waals surface area contributed by atoms with Gasteiger partial charge in [0.1, 0.15) is 0 Å². The summed E-state index contributed by atoms with van der Waals surface area (Å²) in [5.41, 5.74) is 4.62. The number of likely N-dealkylation sites (N-methyl/N-ethyl adjacent to an activating group) is 1. The Kier molecular flexibility index (Phi) is 3.80. The summed E-state index contributed by atoms with van der Waals surface area (Å²) in [6.07, 6.45) is 1.62. The third kappa shape index (κ3) is 2.66. The predicted molar refractivity (Wildman–Crippen MR) is 78.2 cm³/mol. The molecule has 20 heavy (non-hydrogen) atoms. The van der Waals surface area contributed by atoms with E-state index in [0.717, 1.165) is 0 Å². The van der Waals surface area contributed by atoms with Crippen LogP contribution in [0.1, 0.15) is 20.8 Å². The van der Waals surface area contributed by atoms with Gasteiger partial charge in [0.05, 0.1) is 5.60 Å². The summed E-state index contributed by atoms with van der Waals surface area (Å²) in [6, 6.07) is 0. The molecule has 0 aliphatic rings. The Hall–Kier alpha value is -1.16. The molecule has 0 saturated carbocycles. The van der Waals surface area contributed by atoms with E-state index in [4.69, 9.17) is 5.73 Å². The van der Waals surface area contributed by atoms with E-state index in [-0.39, 0.29) is 23.9 Å². The summed E-state index contributed by atoms with van der Waals surface area (Å²) in [5.74, 6) is -0.0222. The van der Waals surface area contributed by atoms with Crippen LogP contribution in [0.25, 0.3) is 4.96 Å². The van der Waals surface area contributed by atoms with Crippen molar-refractivity contribution in [2.75, 3.05) is 18.8 Å². The molecule has 0 amide bonds. The van der Waals surface area contributed by atoms with Crippen LogP contribution in [0.3, 0.4) is 0 Å². The lowest BCUT2D eigenvalue weighted by molar-refractivity contribution is 0.0601. The molecule has 2 rings (SSSR count). The zero-order valence-corrected chi connectivity index (χ0v) is 13.2. The van der Waals surface area contributed by atoms with E-state index in [2.05, 4.69) is 4.98 Å². The van der Waals surface area contributed by atoms with Gasteiger partial charge in [0.25, 0.3) is 10.0 Å². The molecule has 2 aromatic rings. The maximum atomic E-state index is 12.7. The fraction of sp³-hybridized carbons (Fsp3) is 0.545. The Morgan fingerprint density at radius 1 is 1.55 bits per heavy atom. The first kappa shape index (κ1) is 15.2. The summed E-state index contributed by atoms with van der Waals surface area (Å²) in [6.45, 7) is 5.06. The molecule has 2 heterocycles. The number of aliphatic hydroxyl groups is 1. The van der Waals surface area contributed by atoms with E-state index in [1.54, 1.807) is 32.3 Å². The molecule has 7 nitrogen and oxygen atoms in total. The Morgan fingerprint density at radius 2 is 2.20 bits per heavy atom. The molecule has 0 saturated heterocycles. The first-order chi connectivity index (χ1) is 9.16. The molecule has 0 unspecified atom stereocenters. The van der Waals surface area contributed by atoms with Crippen molar-refractivity contribution in [2.24, 2.45) is 0 Å². The summed E-state index contributed by atoms with van der Waals surface area (Å²) in [4.78, 5) is 4.57. The highest BCUT2D eigenvalue weighted by atomic mass is 32.2. The van der Waals surface area contributed by atoms with E-state index in [9.17, 15) is 13.5 Å². The monoisotopic (exact) mass is 318 g/mol. The number of nitrogens with two attached hydrogens (primary N) is 1. The lowest BCUT2D eigenvalue weighted by Gasteiger charge is -2.27. The van der Waals surface area contributed by atoms with Crippen LogP contribution >= 0.6 is 11.3 Å². The zero-order chi connectivity index (χ0) is 15.1. The average molecular weight is 318 g/mol. The number of fused-ring (bicyclic) bond motifs is 1.